The van der Waals surface area contributed by atoms with Crippen molar-refractivity contribution in [2.45, 2.75) is 0 Å². The Morgan fingerprint density at radius 2 is 0.875 bits per heavy atom. The SMILES string of the molecule is c1ccc(-c2nc(-c3ccccc3)nc(-c3ccc(-c4cccc(-n5c6ccccc6c6ccc(-c7cccc8oc9ccccc9c78)cc65)c4)cc3)n2)cc1. The van der Waals surface area contributed by atoms with E-state index in [9.17, 15) is 0 Å². The van der Waals surface area contributed by atoms with E-state index >= 15 is 0 Å². The van der Waals surface area contributed by atoms with Gasteiger partial charge in [-0.2, -0.15) is 0 Å². The molecule has 0 aliphatic carbocycles. The van der Waals surface area contributed by atoms with E-state index in [1.807, 2.05) is 72.8 Å². The van der Waals surface area contributed by atoms with Crippen molar-refractivity contribution in [3.8, 4) is 62.1 Å². The number of fused-ring (bicyclic) bond motifs is 6. The zero-order valence-corrected chi connectivity index (χ0v) is 30.2. The molecular weight excluding hydrogens is 685 g/mol. The van der Waals surface area contributed by atoms with E-state index in [-0.39, 0.29) is 0 Å². The third kappa shape index (κ3) is 5.37. The number of para-hydroxylation sites is 2. The zero-order valence-electron chi connectivity index (χ0n) is 30.2. The summed E-state index contributed by atoms with van der Waals surface area (Å²) in [5.74, 6) is 1.93. The predicted octanol–water partition coefficient (Wildman–Crippen LogP) is 13.2. The fourth-order valence-electron chi connectivity index (χ4n) is 8.01. The molecule has 11 aromatic rings. The quantitative estimate of drug-likeness (QED) is 0.172. The van der Waals surface area contributed by atoms with Gasteiger partial charge in [-0.05, 0) is 58.7 Å². The van der Waals surface area contributed by atoms with Gasteiger partial charge in [0.25, 0.3) is 0 Å². The first-order valence-corrected chi connectivity index (χ1v) is 18.8. The Balaban J connectivity index is 1.01. The molecule has 0 unspecified atom stereocenters. The van der Waals surface area contributed by atoms with Gasteiger partial charge in [-0.3, -0.25) is 0 Å². The van der Waals surface area contributed by atoms with Crippen molar-refractivity contribution in [2.75, 3.05) is 0 Å². The largest absolute Gasteiger partial charge is 0.456 e. The lowest BCUT2D eigenvalue weighted by Gasteiger charge is -2.12. The lowest BCUT2D eigenvalue weighted by atomic mass is 9.98. The Morgan fingerprint density at radius 1 is 0.339 bits per heavy atom. The molecular formula is C51H32N4O. The van der Waals surface area contributed by atoms with E-state index in [0.29, 0.717) is 17.5 Å². The van der Waals surface area contributed by atoms with Gasteiger partial charge in [-0.25, -0.2) is 15.0 Å². The minimum atomic E-state index is 0.637. The first-order valence-electron chi connectivity index (χ1n) is 18.8. The topological polar surface area (TPSA) is 56.7 Å². The third-order valence-corrected chi connectivity index (χ3v) is 10.7. The standard InChI is InChI=1S/C51H32N4O/c1-3-13-34(14-4-1)49-52-50(35-15-5-2-6-16-35)54-51(53-49)36-27-25-33(26-28-36)37-17-11-18-39(31-37)55-44-22-9-7-19-41(44)42-30-29-38(32-45(42)55)40-21-12-24-47-48(40)43-20-8-10-23-46(43)56-47/h1-32H. The van der Waals surface area contributed by atoms with Gasteiger partial charge in [-0.1, -0.05) is 158 Å². The Labute approximate surface area is 322 Å². The summed E-state index contributed by atoms with van der Waals surface area (Å²) in [6.45, 7) is 0. The second-order valence-electron chi connectivity index (χ2n) is 14.0. The summed E-state index contributed by atoms with van der Waals surface area (Å²) < 4.78 is 8.65. The fourth-order valence-corrected chi connectivity index (χ4v) is 8.01. The molecule has 0 saturated heterocycles. The highest BCUT2D eigenvalue weighted by Crippen LogP contribution is 2.40. The van der Waals surface area contributed by atoms with E-state index in [4.69, 9.17) is 19.4 Å². The number of nitrogens with zero attached hydrogens (tertiary/aromatic N) is 4. The molecule has 0 bridgehead atoms. The maximum absolute atomic E-state index is 6.26. The molecule has 5 nitrogen and oxygen atoms in total. The molecule has 0 fully saturated rings. The van der Waals surface area contributed by atoms with E-state index < -0.39 is 0 Å². The average molecular weight is 717 g/mol. The molecule has 56 heavy (non-hydrogen) atoms. The smallest absolute Gasteiger partial charge is 0.164 e. The molecule has 0 radical (unpaired) electrons. The number of aromatic nitrogens is 4. The van der Waals surface area contributed by atoms with Crippen LogP contribution in [0, 0.1) is 0 Å². The molecule has 3 aromatic heterocycles. The van der Waals surface area contributed by atoms with E-state index in [2.05, 4.69) is 126 Å². The molecule has 3 heterocycles. The van der Waals surface area contributed by atoms with Crippen LogP contribution in [0.1, 0.15) is 0 Å². The minimum Gasteiger partial charge on any atom is -0.456 e. The van der Waals surface area contributed by atoms with Crippen LogP contribution in [-0.2, 0) is 0 Å². The number of rotatable bonds is 6. The minimum absolute atomic E-state index is 0.637. The average Bonchev–Trinajstić information content (AvgIpc) is 3.83. The van der Waals surface area contributed by atoms with Gasteiger partial charge in [0, 0.05) is 43.9 Å². The monoisotopic (exact) mass is 716 g/mol. The molecule has 5 heteroatoms. The number of benzene rings is 8. The van der Waals surface area contributed by atoms with Crippen LogP contribution in [0.3, 0.4) is 0 Å². The maximum atomic E-state index is 6.26. The fraction of sp³-hybridized carbons (Fsp3) is 0. The summed E-state index contributed by atoms with van der Waals surface area (Å²) in [5.41, 5.74) is 12.6. The van der Waals surface area contributed by atoms with Crippen LogP contribution < -0.4 is 0 Å². The Bertz CT molecular complexity index is 3180. The zero-order chi connectivity index (χ0) is 37.0. The summed E-state index contributed by atoms with van der Waals surface area (Å²) in [6, 6.07) is 67.6. The highest BCUT2D eigenvalue weighted by atomic mass is 16.3. The molecule has 0 atom stereocenters. The highest BCUT2D eigenvalue weighted by Gasteiger charge is 2.17. The summed E-state index contributed by atoms with van der Waals surface area (Å²) in [5, 5.41) is 4.70. The summed E-state index contributed by atoms with van der Waals surface area (Å²) >= 11 is 0. The lowest BCUT2D eigenvalue weighted by molar-refractivity contribution is 0.669. The highest BCUT2D eigenvalue weighted by molar-refractivity contribution is 6.14. The van der Waals surface area contributed by atoms with Crippen LogP contribution in [0.2, 0.25) is 0 Å². The van der Waals surface area contributed by atoms with Crippen molar-refractivity contribution in [3.63, 3.8) is 0 Å². The predicted molar refractivity (Wildman–Crippen MR) is 229 cm³/mol. The normalized spacial score (nSPS) is 11.6. The van der Waals surface area contributed by atoms with Crippen LogP contribution in [0.4, 0.5) is 0 Å². The first-order chi connectivity index (χ1) is 27.7. The lowest BCUT2D eigenvalue weighted by Crippen LogP contribution is -2.00. The van der Waals surface area contributed by atoms with Gasteiger partial charge in [0.1, 0.15) is 11.2 Å². The number of hydrogen-bond donors (Lipinski definition) is 0. The third-order valence-electron chi connectivity index (χ3n) is 10.7. The van der Waals surface area contributed by atoms with Gasteiger partial charge in [0.2, 0.25) is 0 Å². The van der Waals surface area contributed by atoms with Crippen LogP contribution >= 0.6 is 0 Å². The van der Waals surface area contributed by atoms with Crippen molar-refractivity contribution < 1.29 is 4.42 Å². The molecule has 8 aromatic carbocycles. The summed E-state index contributed by atoms with van der Waals surface area (Å²) in [4.78, 5) is 14.7. The number of hydrogen-bond acceptors (Lipinski definition) is 4. The number of furan rings is 1. The molecule has 0 spiro atoms. The van der Waals surface area contributed by atoms with Crippen LogP contribution in [-0.4, -0.2) is 19.5 Å². The molecule has 0 aliphatic heterocycles. The maximum Gasteiger partial charge on any atom is 0.164 e. The molecule has 0 N–H and O–H groups in total. The molecule has 262 valence electrons. The molecule has 0 amide bonds. The van der Waals surface area contributed by atoms with Crippen molar-refractivity contribution in [1.82, 2.24) is 19.5 Å². The van der Waals surface area contributed by atoms with Crippen LogP contribution in [0.15, 0.2) is 199 Å². The van der Waals surface area contributed by atoms with Crippen molar-refractivity contribution >= 4 is 43.7 Å². The van der Waals surface area contributed by atoms with Gasteiger partial charge < -0.3 is 8.98 Å². The van der Waals surface area contributed by atoms with Crippen molar-refractivity contribution in [3.05, 3.63) is 194 Å². The van der Waals surface area contributed by atoms with E-state index in [1.165, 1.54) is 10.8 Å². The molecule has 0 aliphatic rings. The van der Waals surface area contributed by atoms with Crippen molar-refractivity contribution in [1.29, 1.82) is 0 Å². The summed E-state index contributed by atoms with van der Waals surface area (Å²) in [7, 11) is 0. The van der Waals surface area contributed by atoms with Gasteiger partial charge >= 0.3 is 0 Å². The molecule has 0 saturated carbocycles. The Morgan fingerprint density at radius 3 is 1.61 bits per heavy atom. The van der Waals surface area contributed by atoms with Gasteiger partial charge in [0.15, 0.2) is 17.5 Å². The van der Waals surface area contributed by atoms with Gasteiger partial charge in [0.05, 0.1) is 11.0 Å². The van der Waals surface area contributed by atoms with Gasteiger partial charge in [-0.15, -0.1) is 0 Å². The first kappa shape index (κ1) is 31.9. The van der Waals surface area contributed by atoms with E-state index in [0.717, 1.165) is 77.6 Å². The van der Waals surface area contributed by atoms with Crippen LogP contribution in [0.25, 0.3) is 106 Å². The summed E-state index contributed by atoms with van der Waals surface area (Å²) in [6.07, 6.45) is 0. The van der Waals surface area contributed by atoms with Crippen LogP contribution in [0.5, 0.6) is 0 Å². The second kappa shape index (κ2) is 13.0. The van der Waals surface area contributed by atoms with E-state index in [1.54, 1.807) is 0 Å². The van der Waals surface area contributed by atoms with Crippen molar-refractivity contribution in [2.24, 2.45) is 0 Å². The Hall–Kier alpha value is -7.63. The Kier molecular flexibility index (Phi) is 7.42. The molecule has 11 rings (SSSR count). The second-order valence-corrected chi connectivity index (χ2v) is 14.0.